The normalized spacial score (nSPS) is 11.3. The molecule has 0 amide bonds. The number of H-pyrrole nitrogens is 1. The summed E-state index contributed by atoms with van der Waals surface area (Å²) in [6, 6.07) is 20.3. The summed E-state index contributed by atoms with van der Waals surface area (Å²) in [6.07, 6.45) is 0. The zero-order valence-electron chi connectivity index (χ0n) is 19.1. The van der Waals surface area contributed by atoms with Gasteiger partial charge in [0.25, 0.3) is 0 Å². The number of halogens is 1. The van der Waals surface area contributed by atoms with Crippen molar-refractivity contribution in [3.8, 4) is 22.5 Å². The van der Waals surface area contributed by atoms with Gasteiger partial charge in [-0.05, 0) is 61.2 Å². The molecule has 0 unspecified atom stereocenters. The highest BCUT2D eigenvalue weighted by Crippen LogP contribution is 2.30. The van der Waals surface area contributed by atoms with Crippen LogP contribution in [0.5, 0.6) is 0 Å². The lowest BCUT2D eigenvalue weighted by molar-refractivity contribution is 0.0690. The van der Waals surface area contributed by atoms with Gasteiger partial charge in [0.05, 0.1) is 23.3 Å². The van der Waals surface area contributed by atoms with E-state index in [1.807, 2.05) is 50.2 Å². The van der Waals surface area contributed by atoms with Gasteiger partial charge in [-0.3, -0.25) is 0 Å². The predicted octanol–water partition coefficient (Wildman–Crippen LogP) is 6.42. The van der Waals surface area contributed by atoms with Crippen molar-refractivity contribution in [2.45, 2.75) is 27.3 Å². The molecular weight excluding hydrogens is 448 g/mol. The van der Waals surface area contributed by atoms with E-state index in [-0.39, 0.29) is 5.69 Å². The Bertz CT molecular complexity index is 1550. The van der Waals surface area contributed by atoms with Crippen molar-refractivity contribution in [1.29, 1.82) is 0 Å². The fourth-order valence-corrected chi connectivity index (χ4v) is 4.55. The van der Waals surface area contributed by atoms with E-state index in [0.717, 1.165) is 44.7 Å². The number of carbonyl (C=O) groups is 1. The topological polar surface area (TPSA) is 83.8 Å². The predicted molar refractivity (Wildman–Crippen MR) is 134 cm³/mol. The molecule has 2 heterocycles. The molecule has 0 radical (unpaired) electrons. The first kappa shape index (κ1) is 21.9. The number of hydrogen-bond acceptors (Lipinski definition) is 3. The summed E-state index contributed by atoms with van der Waals surface area (Å²) in [6.45, 7) is 6.23. The van der Waals surface area contributed by atoms with E-state index in [0.29, 0.717) is 23.1 Å². The fraction of sp³-hybridized carbons (Fsp3) is 0.148. The van der Waals surface area contributed by atoms with Crippen molar-refractivity contribution in [3.05, 3.63) is 94.0 Å². The Morgan fingerprint density at radius 1 is 0.971 bits per heavy atom. The first-order chi connectivity index (χ1) is 16.3. The Hall–Kier alpha value is -3.90. The number of rotatable bonds is 5. The fourth-order valence-electron chi connectivity index (χ4n) is 4.31. The maximum Gasteiger partial charge on any atom is 0.354 e. The first-order valence-corrected chi connectivity index (χ1v) is 11.3. The smallest absolute Gasteiger partial charge is 0.354 e. The molecule has 0 spiro atoms. The van der Waals surface area contributed by atoms with Gasteiger partial charge >= 0.3 is 5.97 Å². The van der Waals surface area contributed by atoms with Crippen molar-refractivity contribution in [1.82, 2.24) is 19.5 Å². The molecule has 0 bridgehead atoms. The van der Waals surface area contributed by atoms with E-state index in [9.17, 15) is 9.90 Å². The molecule has 3 aromatic carbocycles. The number of imidazole rings is 2. The Kier molecular flexibility index (Phi) is 5.46. The number of aryl methyl sites for hydroxylation is 3. The van der Waals surface area contributed by atoms with E-state index in [4.69, 9.17) is 16.6 Å². The molecule has 0 aliphatic heterocycles. The van der Waals surface area contributed by atoms with Crippen LogP contribution in [0.15, 0.2) is 60.7 Å². The maximum absolute atomic E-state index is 11.5. The summed E-state index contributed by atoms with van der Waals surface area (Å²) < 4.78 is 2.13. The van der Waals surface area contributed by atoms with Crippen LogP contribution in [-0.4, -0.2) is 30.6 Å². The Labute approximate surface area is 201 Å². The van der Waals surface area contributed by atoms with Crippen LogP contribution in [0.3, 0.4) is 0 Å². The standard InChI is InChI=1S/C27H23ClN4O2/c1-15-11-21(26-29-16(2)25(31-26)27(33)34)13-23-24(15)30-17(3)32(23)14-20-10-9-19(12-22(20)28)18-7-5-4-6-8-18/h4-13H,14H2,1-3H3,(H,29,31)(H,33,34). The SMILES string of the molecule is Cc1nc(-c2cc(C)c3nc(C)n(Cc4ccc(-c5ccccc5)cc4Cl)c3c2)[nH]c1C(=O)O. The maximum atomic E-state index is 11.5. The summed E-state index contributed by atoms with van der Waals surface area (Å²) in [4.78, 5) is 23.6. The Morgan fingerprint density at radius 3 is 2.41 bits per heavy atom. The van der Waals surface area contributed by atoms with E-state index < -0.39 is 5.97 Å². The molecule has 7 heteroatoms. The second-order valence-corrected chi connectivity index (χ2v) is 8.84. The number of aromatic nitrogens is 4. The number of benzene rings is 3. The number of nitrogens with one attached hydrogen (secondary N) is 1. The molecule has 5 aromatic rings. The average molecular weight is 471 g/mol. The van der Waals surface area contributed by atoms with Gasteiger partial charge in [-0.25, -0.2) is 14.8 Å². The molecule has 34 heavy (non-hydrogen) atoms. The summed E-state index contributed by atoms with van der Waals surface area (Å²) in [5.41, 5.74) is 7.39. The zero-order chi connectivity index (χ0) is 24.0. The third-order valence-electron chi connectivity index (χ3n) is 6.10. The van der Waals surface area contributed by atoms with Crippen LogP contribution in [0.2, 0.25) is 5.02 Å². The monoisotopic (exact) mass is 470 g/mol. The lowest BCUT2D eigenvalue weighted by atomic mass is 10.0. The summed E-state index contributed by atoms with van der Waals surface area (Å²) in [7, 11) is 0. The molecular formula is C27H23ClN4O2. The minimum absolute atomic E-state index is 0.0997. The zero-order valence-corrected chi connectivity index (χ0v) is 19.8. The first-order valence-electron chi connectivity index (χ1n) is 10.9. The number of carboxylic acid groups (broad SMARTS) is 1. The molecule has 0 fully saturated rings. The number of fused-ring (bicyclic) bond motifs is 1. The van der Waals surface area contributed by atoms with Crippen molar-refractivity contribution >= 4 is 28.6 Å². The number of hydrogen-bond donors (Lipinski definition) is 2. The van der Waals surface area contributed by atoms with Gasteiger partial charge in [-0.1, -0.05) is 54.1 Å². The van der Waals surface area contributed by atoms with Gasteiger partial charge in [0.15, 0.2) is 0 Å². The Morgan fingerprint density at radius 2 is 1.74 bits per heavy atom. The molecule has 0 saturated carbocycles. The van der Waals surface area contributed by atoms with Gasteiger partial charge in [0.2, 0.25) is 0 Å². The highest BCUT2D eigenvalue weighted by molar-refractivity contribution is 6.31. The molecule has 0 aliphatic carbocycles. The number of aromatic carboxylic acids is 1. The van der Waals surface area contributed by atoms with Crippen LogP contribution in [0.4, 0.5) is 0 Å². The second kappa shape index (κ2) is 8.47. The van der Waals surface area contributed by atoms with Crippen LogP contribution in [-0.2, 0) is 6.54 Å². The van der Waals surface area contributed by atoms with E-state index in [1.54, 1.807) is 6.92 Å². The van der Waals surface area contributed by atoms with Crippen LogP contribution in [0.1, 0.15) is 33.1 Å². The van der Waals surface area contributed by atoms with Gasteiger partial charge in [0, 0.05) is 10.6 Å². The molecule has 0 aliphatic rings. The minimum Gasteiger partial charge on any atom is -0.477 e. The van der Waals surface area contributed by atoms with Crippen molar-refractivity contribution in [3.63, 3.8) is 0 Å². The van der Waals surface area contributed by atoms with E-state index in [2.05, 4.69) is 38.8 Å². The molecule has 0 atom stereocenters. The van der Waals surface area contributed by atoms with Crippen molar-refractivity contribution < 1.29 is 9.90 Å². The van der Waals surface area contributed by atoms with Crippen molar-refractivity contribution in [2.75, 3.05) is 0 Å². The third-order valence-corrected chi connectivity index (χ3v) is 6.45. The van der Waals surface area contributed by atoms with Crippen LogP contribution < -0.4 is 0 Å². The minimum atomic E-state index is -1.02. The average Bonchev–Trinajstić information content (AvgIpc) is 3.36. The Balaban J connectivity index is 1.56. The lowest BCUT2D eigenvalue weighted by Gasteiger charge is -2.11. The number of carboxylic acids is 1. The van der Waals surface area contributed by atoms with Crippen LogP contribution in [0.25, 0.3) is 33.5 Å². The molecule has 170 valence electrons. The largest absolute Gasteiger partial charge is 0.477 e. The number of aromatic amines is 1. The van der Waals surface area contributed by atoms with Gasteiger partial charge < -0.3 is 14.7 Å². The lowest BCUT2D eigenvalue weighted by Crippen LogP contribution is -2.03. The molecule has 2 aromatic heterocycles. The van der Waals surface area contributed by atoms with Crippen molar-refractivity contribution in [2.24, 2.45) is 0 Å². The third kappa shape index (κ3) is 3.86. The quantitative estimate of drug-likeness (QED) is 0.310. The van der Waals surface area contributed by atoms with Crippen LogP contribution >= 0.6 is 11.6 Å². The second-order valence-electron chi connectivity index (χ2n) is 8.43. The molecule has 2 N–H and O–H groups in total. The molecule has 6 nitrogen and oxygen atoms in total. The molecule has 5 rings (SSSR count). The highest BCUT2D eigenvalue weighted by atomic mass is 35.5. The highest BCUT2D eigenvalue weighted by Gasteiger charge is 2.18. The van der Waals surface area contributed by atoms with E-state index >= 15 is 0 Å². The van der Waals surface area contributed by atoms with Gasteiger partial charge in [-0.15, -0.1) is 0 Å². The summed E-state index contributed by atoms with van der Waals surface area (Å²) in [5.74, 6) is 0.374. The summed E-state index contributed by atoms with van der Waals surface area (Å²) in [5, 5.41) is 10.1. The van der Waals surface area contributed by atoms with E-state index in [1.165, 1.54) is 0 Å². The van der Waals surface area contributed by atoms with Crippen LogP contribution in [0, 0.1) is 20.8 Å². The summed E-state index contributed by atoms with van der Waals surface area (Å²) >= 11 is 6.70. The van der Waals surface area contributed by atoms with Gasteiger partial charge in [0.1, 0.15) is 17.3 Å². The number of nitrogens with zero attached hydrogens (tertiary/aromatic N) is 3. The molecule has 0 saturated heterocycles. The van der Waals surface area contributed by atoms with Gasteiger partial charge in [-0.2, -0.15) is 0 Å².